The molecule has 104 valence electrons. The first-order chi connectivity index (χ1) is 9.02. The van der Waals surface area contributed by atoms with Gasteiger partial charge >= 0.3 is 0 Å². The molecular weight excluding hydrogens is 242 g/mol. The lowest BCUT2D eigenvalue weighted by Crippen LogP contribution is -2.43. The molecule has 1 aliphatic rings. The highest BCUT2D eigenvalue weighted by atomic mass is 16.4. The Bertz CT molecular complexity index is 488. The van der Waals surface area contributed by atoms with Crippen LogP contribution in [-0.4, -0.2) is 33.6 Å². The minimum absolute atomic E-state index is 0.0180. The third kappa shape index (κ3) is 2.77. The van der Waals surface area contributed by atoms with Crippen LogP contribution >= 0.6 is 0 Å². The third-order valence-corrected chi connectivity index (χ3v) is 3.84. The third-order valence-electron chi connectivity index (χ3n) is 3.84. The molecule has 0 aliphatic carbocycles. The second kappa shape index (κ2) is 5.42. The Morgan fingerprint density at radius 1 is 1.47 bits per heavy atom. The second-order valence-electron chi connectivity index (χ2n) is 5.23. The van der Waals surface area contributed by atoms with Gasteiger partial charge in [-0.15, -0.1) is 0 Å². The highest BCUT2D eigenvalue weighted by Crippen LogP contribution is 2.26. The van der Waals surface area contributed by atoms with E-state index >= 15 is 0 Å². The number of piperidine rings is 1. The van der Waals surface area contributed by atoms with E-state index in [-0.39, 0.29) is 5.84 Å². The Hall–Kier alpha value is -1.85. The number of aryl methyl sites for hydroxylation is 1. The summed E-state index contributed by atoms with van der Waals surface area (Å²) < 4.78 is 0. The molecule has 1 fully saturated rings. The predicted molar refractivity (Wildman–Crippen MR) is 74.5 cm³/mol. The average molecular weight is 263 g/mol. The molecule has 2 unspecified atom stereocenters. The molecule has 0 radical (unpaired) electrons. The number of nitrogens with two attached hydrogens (primary N) is 1. The number of amidine groups is 1. The number of aromatic nitrogens is 2. The minimum Gasteiger partial charge on any atom is -0.409 e. The number of oxime groups is 1. The molecule has 1 aliphatic heterocycles. The molecule has 0 spiro atoms. The predicted octanol–water partition coefficient (Wildman–Crippen LogP) is 1.50. The van der Waals surface area contributed by atoms with E-state index in [9.17, 15) is 0 Å². The summed E-state index contributed by atoms with van der Waals surface area (Å²) in [5, 5.41) is 11.8. The van der Waals surface area contributed by atoms with Crippen molar-refractivity contribution in [3.63, 3.8) is 0 Å². The van der Waals surface area contributed by atoms with Crippen molar-refractivity contribution in [1.29, 1.82) is 0 Å². The van der Waals surface area contributed by atoms with Gasteiger partial charge in [-0.05, 0) is 38.7 Å². The molecule has 0 amide bonds. The van der Waals surface area contributed by atoms with Crippen LogP contribution in [0.25, 0.3) is 0 Å². The summed E-state index contributed by atoms with van der Waals surface area (Å²) in [5.41, 5.74) is 6.90. The van der Waals surface area contributed by atoms with Gasteiger partial charge in [-0.25, -0.2) is 9.97 Å². The maximum absolute atomic E-state index is 8.76. The number of rotatable bonds is 2. The average Bonchev–Trinajstić information content (AvgIpc) is 2.40. The Morgan fingerprint density at radius 3 is 2.89 bits per heavy atom. The van der Waals surface area contributed by atoms with E-state index in [1.807, 2.05) is 6.92 Å². The van der Waals surface area contributed by atoms with Crippen LogP contribution in [0.1, 0.15) is 38.1 Å². The van der Waals surface area contributed by atoms with Crippen molar-refractivity contribution in [1.82, 2.24) is 9.97 Å². The quantitative estimate of drug-likeness (QED) is 0.365. The van der Waals surface area contributed by atoms with Crippen LogP contribution in [0.2, 0.25) is 0 Å². The first-order valence-corrected chi connectivity index (χ1v) is 6.63. The summed E-state index contributed by atoms with van der Waals surface area (Å²) >= 11 is 0. The van der Waals surface area contributed by atoms with Crippen LogP contribution in [0, 0.1) is 12.8 Å². The molecule has 0 saturated carbocycles. The number of nitrogens with zero attached hydrogens (tertiary/aromatic N) is 4. The van der Waals surface area contributed by atoms with Gasteiger partial charge in [0.1, 0.15) is 5.69 Å². The van der Waals surface area contributed by atoms with Gasteiger partial charge in [0.25, 0.3) is 0 Å². The molecule has 0 aromatic carbocycles. The first-order valence-electron chi connectivity index (χ1n) is 6.63. The Morgan fingerprint density at radius 2 is 2.21 bits per heavy atom. The van der Waals surface area contributed by atoms with E-state index in [0.29, 0.717) is 23.6 Å². The monoisotopic (exact) mass is 263 g/mol. The summed E-state index contributed by atoms with van der Waals surface area (Å²) in [6.07, 6.45) is 2.37. The molecule has 19 heavy (non-hydrogen) atoms. The fraction of sp³-hybridized carbons (Fsp3) is 0.615. The topological polar surface area (TPSA) is 87.6 Å². The van der Waals surface area contributed by atoms with Gasteiger partial charge < -0.3 is 15.8 Å². The van der Waals surface area contributed by atoms with Crippen molar-refractivity contribution < 1.29 is 5.21 Å². The number of hydrogen-bond acceptors (Lipinski definition) is 5. The van der Waals surface area contributed by atoms with Gasteiger partial charge in [-0.1, -0.05) is 12.1 Å². The van der Waals surface area contributed by atoms with Crippen LogP contribution in [0.4, 0.5) is 5.95 Å². The summed E-state index contributed by atoms with van der Waals surface area (Å²) in [7, 11) is 0. The van der Waals surface area contributed by atoms with Gasteiger partial charge in [0.05, 0.1) is 0 Å². The molecule has 6 heteroatoms. The Labute approximate surface area is 113 Å². The number of anilines is 1. The fourth-order valence-corrected chi connectivity index (χ4v) is 2.48. The summed E-state index contributed by atoms with van der Waals surface area (Å²) in [6.45, 7) is 7.28. The largest absolute Gasteiger partial charge is 0.409 e. The van der Waals surface area contributed by atoms with Crippen LogP contribution in [0.5, 0.6) is 0 Å². The summed E-state index contributed by atoms with van der Waals surface area (Å²) in [5.74, 6) is 1.30. The molecule has 2 rings (SSSR count). The van der Waals surface area contributed by atoms with Gasteiger partial charge in [0.15, 0.2) is 5.84 Å². The lowest BCUT2D eigenvalue weighted by atomic mass is 9.92. The first kappa shape index (κ1) is 13.6. The summed E-state index contributed by atoms with van der Waals surface area (Å²) in [4.78, 5) is 11.1. The highest BCUT2D eigenvalue weighted by Gasteiger charge is 2.27. The Kier molecular flexibility index (Phi) is 3.87. The second-order valence-corrected chi connectivity index (χ2v) is 5.23. The van der Waals surface area contributed by atoms with Gasteiger partial charge in [-0.2, -0.15) is 0 Å². The smallest absolute Gasteiger partial charge is 0.226 e. The lowest BCUT2D eigenvalue weighted by Gasteiger charge is -2.38. The molecule has 3 N–H and O–H groups in total. The summed E-state index contributed by atoms with van der Waals surface area (Å²) in [6, 6.07) is 2.12. The standard InChI is InChI=1S/C13H21N5O/c1-8-5-4-6-18(10(8)3)13-15-9(2)7-11(16-13)12(14)17-19/h7-8,10,19H,4-6H2,1-3H3,(H2,14,17). The number of hydrogen-bond donors (Lipinski definition) is 2. The van der Waals surface area contributed by atoms with E-state index in [1.165, 1.54) is 6.42 Å². The molecule has 0 bridgehead atoms. The van der Waals surface area contributed by atoms with Crippen LogP contribution in [0.15, 0.2) is 11.2 Å². The zero-order valence-corrected chi connectivity index (χ0v) is 11.7. The van der Waals surface area contributed by atoms with Crippen molar-refractivity contribution in [2.24, 2.45) is 16.8 Å². The van der Waals surface area contributed by atoms with E-state index in [4.69, 9.17) is 10.9 Å². The van der Waals surface area contributed by atoms with Crippen molar-refractivity contribution in [2.45, 2.75) is 39.7 Å². The lowest BCUT2D eigenvalue weighted by molar-refractivity contribution is 0.318. The normalized spacial score (nSPS) is 24.6. The minimum atomic E-state index is 0.0180. The maximum atomic E-state index is 8.76. The van der Waals surface area contributed by atoms with Crippen molar-refractivity contribution in [3.05, 3.63) is 17.5 Å². The molecule has 2 atom stereocenters. The van der Waals surface area contributed by atoms with Gasteiger partial charge in [0.2, 0.25) is 5.95 Å². The van der Waals surface area contributed by atoms with Gasteiger partial charge in [0, 0.05) is 18.3 Å². The zero-order chi connectivity index (χ0) is 14.0. The Balaban J connectivity index is 2.36. The van der Waals surface area contributed by atoms with Crippen molar-refractivity contribution in [3.8, 4) is 0 Å². The zero-order valence-electron chi connectivity index (χ0n) is 11.7. The van der Waals surface area contributed by atoms with Crippen molar-refractivity contribution >= 4 is 11.8 Å². The fourth-order valence-electron chi connectivity index (χ4n) is 2.48. The highest BCUT2D eigenvalue weighted by molar-refractivity contribution is 5.95. The van der Waals surface area contributed by atoms with Gasteiger partial charge in [-0.3, -0.25) is 0 Å². The van der Waals surface area contributed by atoms with E-state index in [0.717, 1.165) is 18.7 Å². The molecule has 6 nitrogen and oxygen atoms in total. The van der Waals surface area contributed by atoms with E-state index in [2.05, 4.69) is 33.9 Å². The van der Waals surface area contributed by atoms with Crippen LogP contribution < -0.4 is 10.6 Å². The van der Waals surface area contributed by atoms with E-state index in [1.54, 1.807) is 6.07 Å². The molecule has 2 heterocycles. The molecule has 1 aromatic rings. The van der Waals surface area contributed by atoms with Crippen molar-refractivity contribution in [2.75, 3.05) is 11.4 Å². The van der Waals surface area contributed by atoms with E-state index < -0.39 is 0 Å². The molecule has 1 saturated heterocycles. The maximum Gasteiger partial charge on any atom is 0.226 e. The molecule has 1 aromatic heterocycles. The molecular formula is C13H21N5O. The van der Waals surface area contributed by atoms with Crippen LogP contribution in [0.3, 0.4) is 0 Å². The van der Waals surface area contributed by atoms with Crippen LogP contribution in [-0.2, 0) is 0 Å². The SMILES string of the molecule is Cc1cc(/C(N)=N/O)nc(N2CCCC(C)C2C)n1.